The van der Waals surface area contributed by atoms with Crippen LogP contribution in [0.2, 0.25) is 0 Å². The molecule has 0 saturated heterocycles. The maximum Gasteiger partial charge on any atom is 0.232 e. The highest BCUT2D eigenvalue weighted by atomic mass is 127. The molecule has 0 saturated carbocycles. The predicted octanol–water partition coefficient (Wildman–Crippen LogP) is 2.54. The monoisotopic (exact) mass is 322 g/mol. The van der Waals surface area contributed by atoms with Crippen LogP contribution >= 0.6 is 22.6 Å². The van der Waals surface area contributed by atoms with Crippen molar-refractivity contribution in [3.05, 3.63) is 45.1 Å². The first kappa shape index (κ1) is 10.5. The topological polar surface area (TPSA) is 38.9 Å². The van der Waals surface area contributed by atoms with Gasteiger partial charge in [0.2, 0.25) is 9.72 Å². The van der Waals surface area contributed by atoms with Crippen LogP contribution in [0.1, 0.15) is 11.5 Å². The molecule has 0 radical (unpaired) electrons. The minimum Gasteiger partial charge on any atom is -0.338 e. The molecule has 2 rings (SSSR count). The molecule has 78 valence electrons. The average Bonchev–Trinajstić information content (AvgIpc) is 2.58. The molecule has 0 aliphatic heterocycles. The van der Waals surface area contributed by atoms with E-state index in [0.29, 0.717) is 3.83 Å². The maximum atomic E-state index is 13.2. The Morgan fingerprint density at radius 1 is 1.27 bits per heavy atom. The summed E-state index contributed by atoms with van der Waals surface area (Å²) in [4.78, 5) is 3.86. The van der Waals surface area contributed by atoms with Crippen molar-refractivity contribution in [3.63, 3.8) is 0 Å². The largest absolute Gasteiger partial charge is 0.338 e. The molecular formula is C9H5F2IN2O. The van der Waals surface area contributed by atoms with E-state index in [1.165, 1.54) is 18.2 Å². The molecule has 0 amide bonds. The zero-order valence-electron chi connectivity index (χ0n) is 7.38. The summed E-state index contributed by atoms with van der Waals surface area (Å²) in [7, 11) is 0. The van der Waals surface area contributed by atoms with Crippen molar-refractivity contribution in [2.75, 3.05) is 0 Å². The fourth-order valence-corrected chi connectivity index (χ4v) is 1.53. The smallest absolute Gasteiger partial charge is 0.232 e. The van der Waals surface area contributed by atoms with Gasteiger partial charge in [-0.15, -0.1) is 0 Å². The lowest BCUT2D eigenvalue weighted by Gasteiger charge is -2.00. The SMILES string of the molecule is Fc1cccc(F)c1Cc1nc(I)no1. The number of hydrogen-bond donors (Lipinski definition) is 0. The highest BCUT2D eigenvalue weighted by Gasteiger charge is 2.12. The lowest BCUT2D eigenvalue weighted by molar-refractivity contribution is 0.378. The van der Waals surface area contributed by atoms with Crippen molar-refractivity contribution in [2.24, 2.45) is 0 Å². The fraction of sp³-hybridized carbons (Fsp3) is 0.111. The molecule has 0 N–H and O–H groups in total. The van der Waals surface area contributed by atoms with Gasteiger partial charge in [-0.1, -0.05) is 11.2 Å². The summed E-state index contributed by atoms with van der Waals surface area (Å²) in [6, 6.07) is 3.70. The molecule has 0 atom stereocenters. The molecule has 0 spiro atoms. The van der Waals surface area contributed by atoms with Gasteiger partial charge in [0.1, 0.15) is 11.6 Å². The number of rotatable bonds is 2. The normalized spacial score (nSPS) is 10.6. The quantitative estimate of drug-likeness (QED) is 0.798. The number of hydrogen-bond acceptors (Lipinski definition) is 3. The molecular weight excluding hydrogens is 317 g/mol. The molecule has 0 bridgehead atoms. The molecule has 1 aromatic heterocycles. The van der Waals surface area contributed by atoms with E-state index in [4.69, 9.17) is 4.52 Å². The molecule has 6 heteroatoms. The number of benzene rings is 1. The second kappa shape index (κ2) is 4.21. The minimum absolute atomic E-state index is 0.0332. The van der Waals surface area contributed by atoms with Crippen LogP contribution < -0.4 is 0 Å². The van der Waals surface area contributed by atoms with Crippen molar-refractivity contribution < 1.29 is 13.3 Å². The maximum absolute atomic E-state index is 13.2. The van der Waals surface area contributed by atoms with E-state index in [9.17, 15) is 8.78 Å². The van der Waals surface area contributed by atoms with Crippen molar-refractivity contribution in [2.45, 2.75) is 6.42 Å². The van der Waals surface area contributed by atoms with Gasteiger partial charge in [-0.3, -0.25) is 0 Å². The standard InChI is InChI=1S/C9H5F2IN2O/c10-6-2-1-3-7(11)5(6)4-8-13-9(12)14-15-8/h1-3H,4H2. The van der Waals surface area contributed by atoms with Crippen molar-refractivity contribution in [3.8, 4) is 0 Å². The number of aromatic nitrogens is 2. The van der Waals surface area contributed by atoms with E-state index in [2.05, 4.69) is 10.1 Å². The van der Waals surface area contributed by atoms with Gasteiger partial charge in [0.25, 0.3) is 0 Å². The minimum atomic E-state index is -0.608. The molecule has 2 aromatic rings. The van der Waals surface area contributed by atoms with E-state index >= 15 is 0 Å². The first-order valence-electron chi connectivity index (χ1n) is 4.08. The first-order chi connectivity index (χ1) is 7.16. The summed E-state index contributed by atoms with van der Waals surface area (Å²) in [6.45, 7) is 0. The Labute approximate surface area is 97.6 Å². The van der Waals surface area contributed by atoms with E-state index in [0.717, 1.165) is 0 Å². The fourth-order valence-electron chi connectivity index (χ4n) is 1.16. The molecule has 0 aliphatic rings. The molecule has 3 nitrogen and oxygen atoms in total. The lowest BCUT2D eigenvalue weighted by atomic mass is 10.1. The van der Waals surface area contributed by atoms with E-state index in [1.54, 1.807) is 0 Å². The zero-order valence-corrected chi connectivity index (χ0v) is 9.53. The Kier molecular flexibility index (Phi) is 2.94. The molecule has 1 aromatic carbocycles. The summed E-state index contributed by atoms with van der Waals surface area (Å²) in [5, 5.41) is 3.53. The molecule has 0 unspecified atom stereocenters. The van der Waals surface area contributed by atoms with Crippen molar-refractivity contribution in [1.82, 2.24) is 10.1 Å². The van der Waals surface area contributed by atoms with Crippen LogP contribution in [-0.2, 0) is 6.42 Å². The van der Waals surface area contributed by atoms with E-state index < -0.39 is 11.6 Å². The van der Waals surface area contributed by atoms with Gasteiger partial charge in [0, 0.05) is 28.2 Å². The Balaban J connectivity index is 2.31. The summed E-state index contributed by atoms with van der Waals surface area (Å²) < 4.78 is 31.6. The van der Waals surface area contributed by atoms with Gasteiger partial charge < -0.3 is 4.52 Å². The van der Waals surface area contributed by atoms with Gasteiger partial charge in [0.05, 0.1) is 6.42 Å². The van der Waals surface area contributed by atoms with Crippen molar-refractivity contribution in [1.29, 1.82) is 0 Å². The molecule has 0 aliphatic carbocycles. The van der Waals surface area contributed by atoms with Crippen LogP contribution in [0.5, 0.6) is 0 Å². The lowest BCUT2D eigenvalue weighted by Crippen LogP contribution is -1.97. The Morgan fingerprint density at radius 2 is 1.93 bits per heavy atom. The number of nitrogens with zero attached hydrogens (tertiary/aromatic N) is 2. The van der Waals surface area contributed by atoms with Crippen LogP contribution in [-0.4, -0.2) is 10.1 Å². The molecule has 0 fully saturated rings. The van der Waals surface area contributed by atoms with Crippen LogP contribution in [0.3, 0.4) is 0 Å². The highest BCUT2D eigenvalue weighted by Crippen LogP contribution is 2.16. The zero-order chi connectivity index (χ0) is 10.8. The van der Waals surface area contributed by atoms with E-state index in [-0.39, 0.29) is 17.9 Å². The van der Waals surface area contributed by atoms with Crippen LogP contribution in [0.15, 0.2) is 22.7 Å². The molecule has 1 heterocycles. The first-order valence-corrected chi connectivity index (χ1v) is 5.15. The second-order valence-corrected chi connectivity index (χ2v) is 3.80. The van der Waals surface area contributed by atoms with Crippen LogP contribution in [0, 0.1) is 15.5 Å². The Bertz CT molecular complexity index is 466. The van der Waals surface area contributed by atoms with Gasteiger partial charge in [-0.05, 0) is 12.1 Å². The summed E-state index contributed by atoms with van der Waals surface area (Å²) >= 11 is 1.86. The third kappa shape index (κ3) is 2.31. The van der Waals surface area contributed by atoms with Gasteiger partial charge >= 0.3 is 0 Å². The second-order valence-electron chi connectivity index (χ2n) is 2.83. The summed E-state index contributed by atoms with van der Waals surface area (Å²) in [5.74, 6) is -1.02. The number of halogens is 3. The van der Waals surface area contributed by atoms with Gasteiger partial charge in [-0.2, -0.15) is 4.98 Å². The van der Waals surface area contributed by atoms with E-state index in [1.807, 2.05) is 22.6 Å². The van der Waals surface area contributed by atoms with Crippen LogP contribution in [0.25, 0.3) is 0 Å². The Morgan fingerprint density at radius 3 is 2.47 bits per heavy atom. The van der Waals surface area contributed by atoms with Crippen LogP contribution in [0.4, 0.5) is 8.78 Å². The van der Waals surface area contributed by atoms with Gasteiger partial charge in [-0.25, -0.2) is 8.78 Å². The Hall–Kier alpha value is -1.05. The third-order valence-electron chi connectivity index (χ3n) is 1.83. The summed E-state index contributed by atoms with van der Waals surface area (Å²) in [6.07, 6.45) is -0.0332. The molecule has 15 heavy (non-hydrogen) atoms. The van der Waals surface area contributed by atoms with Gasteiger partial charge in [0.15, 0.2) is 0 Å². The average molecular weight is 322 g/mol. The predicted molar refractivity (Wildman–Crippen MR) is 56.2 cm³/mol. The highest BCUT2D eigenvalue weighted by molar-refractivity contribution is 14.1. The third-order valence-corrected chi connectivity index (χ3v) is 2.27. The summed E-state index contributed by atoms with van der Waals surface area (Å²) in [5.41, 5.74) is -0.0578. The van der Waals surface area contributed by atoms with Crippen molar-refractivity contribution >= 4 is 22.6 Å².